The van der Waals surface area contributed by atoms with E-state index in [-0.39, 0.29) is 5.79 Å². The molecule has 3 heteroatoms. The monoisotopic (exact) mass is 281 g/mol. The first-order valence-corrected chi connectivity index (χ1v) is 8.76. The standard InChI is InChI=1S/C17H31NO2/c1-3-15-6-4-5-11-18(15)12-16-13-19-17(20-16)9-7-14(2)8-10-17/h14-16H,3-13H2,1-2H3. The van der Waals surface area contributed by atoms with Crippen LogP contribution in [0.1, 0.15) is 65.2 Å². The molecule has 0 aromatic rings. The minimum absolute atomic E-state index is 0.214. The summed E-state index contributed by atoms with van der Waals surface area (Å²) in [7, 11) is 0. The van der Waals surface area contributed by atoms with Crippen LogP contribution in [0.2, 0.25) is 0 Å². The second kappa shape index (κ2) is 6.33. The lowest BCUT2D eigenvalue weighted by Gasteiger charge is -2.37. The second-order valence-electron chi connectivity index (χ2n) is 7.20. The van der Waals surface area contributed by atoms with Crippen molar-refractivity contribution in [2.24, 2.45) is 5.92 Å². The van der Waals surface area contributed by atoms with E-state index < -0.39 is 0 Å². The minimum atomic E-state index is -0.214. The molecule has 0 amide bonds. The zero-order chi connectivity index (χ0) is 14.0. The van der Waals surface area contributed by atoms with Crippen LogP contribution in [0.4, 0.5) is 0 Å². The fraction of sp³-hybridized carbons (Fsp3) is 1.00. The predicted octanol–water partition coefficient (Wildman–Crippen LogP) is 3.57. The van der Waals surface area contributed by atoms with Gasteiger partial charge in [0.05, 0.1) is 12.7 Å². The third-order valence-electron chi connectivity index (χ3n) is 5.61. The summed E-state index contributed by atoms with van der Waals surface area (Å²) < 4.78 is 12.5. The fourth-order valence-corrected chi connectivity index (χ4v) is 4.19. The van der Waals surface area contributed by atoms with Crippen LogP contribution in [0.25, 0.3) is 0 Å². The molecular weight excluding hydrogens is 250 g/mol. The number of hydrogen-bond donors (Lipinski definition) is 0. The Hall–Kier alpha value is -0.120. The molecule has 2 atom stereocenters. The van der Waals surface area contributed by atoms with Crippen LogP contribution in [-0.4, -0.2) is 42.5 Å². The molecule has 1 spiro atoms. The molecule has 20 heavy (non-hydrogen) atoms. The molecule has 1 aliphatic carbocycles. The van der Waals surface area contributed by atoms with Gasteiger partial charge in [0.1, 0.15) is 0 Å². The van der Waals surface area contributed by atoms with Crippen LogP contribution in [0.15, 0.2) is 0 Å². The van der Waals surface area contributed by atoms with Gasteiger partial charge in [-0.3, -0.25) is 4.90 Å². The Morgan fingerprint density at radius 1 is 1.15 bits per heavy atom. The van der Waals surface area contributed by atoms with Crippen molar-refractivity contribution in [3.63, 3.8) is 0 Å². The summed E-state index contributed by atoms with van der Waals surface area (Å²) in [6, 6.07) is 0.773. The molecule has 0 aromatic heterocycles. The first kappa shape index (κ1) is 14.8. The lowest BCUT2D eigenvalue weighted by Crippen LogP contribution is -2.44. The first-order valence-electron chi connectivity index (χ1n) is 8.76. The average molecular weight is 281 g/mol. The molecule has 2 heterocycles. The number of rotatable bonds is 3. The van der Waals surface area contributed by atoms with Crippen LogP contribution >= 0.6 is 0 Å². The molecule has 116 valence electrons. The Labute approximate surface area is 124 Å². The van der Waals surface area contributed by atoms with Crippen LogP contribution in [-0.2, 0) is 9.47 Å². The molecule has 2 aliphatic heterocycles. The zero-order valence-electron chi connectivity index (χ0n) is 13.3. The van der Waals surface area contributed by atoms with Gasteiger partial charge < -0.3 is 9.47 Å². The number of nitrogens with zero attached hydrogens (tertiary/aromatic N) is 1. The van der Waals surface area contributed by atoms with Crippen molar-refractivity contribution in [2.75, 3.05) is 19.7 Å². The van der Waals surface area contributed by atoms with Gasteiger partial charge in [-0.05, 0) is 44.6 Å². The van der Waals surface area contributed by atoms with Crippen molar-refractivity contribution in [1.29, 1.82) is 0 Å². The molecule has 0 aromatic carbocycles. The molecule has 1 saturated carbocycles. The first-order chi connectivity index (χ1) is 9.71. The van der Waals surface area contributed by atoms with E-state index in [0.29, 0.717) is 6.10 Å². The molecule has 0 N–H and O–H groups in total. The third-order valence-corrected chi connectivity index (χ3v) is 5.61. The van der Waals surface area contributed by atoms with E-state index in [4.69, 9.17) is 9.47 Å². The van der Waals surface area contributed by atoms with E-state index in [1.54, 1.807) is 0 Å². The van der Waals surface area contributed by atoms with Crippen molar-refractivity contribution >= 4 is 0 Å². The van der Waals surface area contributed by atoms with Gasteiger partial charge in [-0.1, -0.05) is 20.3 Å². The SMILES string of the molecule is CCC1CCCCN1CC1COC2(CCC(C)CC2)O1. The Bertz CT molecular complexity index is 312. The predicted molar refractivity (Wildman–Crippen MR) is 80.7 cm³/mol. The van der Waals surface area contributed by atoms with Gasteiger partial charge in [0.25, 0.3) is 0 Å². The van der Waals surface area contributed by atoms with E-state index >= 15 is 0 Å². The number of hydrogen-bond acceptors (Lipinski definition) is 3. The molecule has 0 bridgehead atoms. The summed E-state index contributed by atoms with van der Waals surface area (Å²) in [5, 5.41) is 0. The molecule has 3 rings (SSSR count). The van der Waals surface area contributed by atoms with E-state index in [1.165, 1.54) is 45.1 Å². The van der Waals surface area contributed by atoms with Crippen molar-refractivity contribution in [3.8, 4) is 0 Å². The Kier molecular flexibility index (Phi) is 4.68. The highest BCUT2D eigenvalue weighted by Gasteiger charge is 2.44. The molecule has 0 radical (unpaired) electrons. The lowest BCUT2D eigenvalue weighted by atomic mass is 9.86. The minimum Gasteiger partial charge on any atom is -0.347 e. The van der Waals surface area contributed by atoms with Gasteiger partial charge in [0.15, 0.2) is 5.79 Å². The fourth-order valence-electron chi connectivity index (χ4n) is 4.19. The Morgan fingerprint density at radius 2 is 1.95 bits per heavy atom. The van der Waals surface area contributed by atoms with Gasteiger partial charge >= 0.3 is 0 Å². The summed E-state index contributed by atoms with van der Waals surface area (Å²) in [5.74, 6) is 0.632. The Morgan fingerprint density at radius 3 is 2.70 bits per heavy atom. The Balaban J connectivity index is 1.52. The van der Waals surface area contributed by atoms with Crippen molar-refractivity contribution in [3.05, 3.63) is 0 Å². The van der Waals surface area contributed by atoms with Gasteiger partial charge in [0, 0.05) is 25.4 Å². The van der Waals surface area contributed by atoms with Gasteiger partial charge in [-0.2, -0.15) is 0 Å². The largest absolute Gasteiger partial charge is 0.347 e. The van der Waals surface area contributed by atoms with Gasteiger partial charge in [0.2, 0.25) is 0 Å². The van der Waals surface area contributed by atoms with Crippen molar-refractivity contribution in [1.82, 2.24) is 4.90 Å². The average Bonchev–Trinajstić information content (AvgIpc) is 2.86. The maximum absolute atomic E-state index is 6.37. The highest BCUT2D eigenvalue weighted by atomic mass is 16.7. The summed E-state index contributed by atoms with van der Waals surface area (Å²) in [5.41, 5.74) is 0. The summed E-state index contributed by atoms with van der Waals surface area (Å²) in [6.45, 7) is 7.80. The normalized spacial score (nSPS) is 43.2. The summed E-state index contributed by atoms with van der Waals surface area (Å²) in [6.07, 6.45) is 10.4. The number of likely N-dealkylation sites (tertiary alicyclic amines) is 1. The van der Waals surface area contributed by atoms with E-state index in [1.807, 2.05) is 0 Å². The number of piperidine rings is 1. The highest BCUT2D eigenvalue weighted by Crippen LogP contribution is 2.40. The highest BCUT2D eigenvalue weighted by molar-refractivity contribution is 4.87. The quantitative estimate of drug-likeness (QED) is 0.789. The van der Waals surface area contributed by atoms with Crippen LogP contribution in [0.5, 0.6) is 0 Å². The maximum atomic E-state index is 6.37. The van der Waals surface area contributed by atoms with Crippen molar-refractivity contribution < 1.29 is 9.47 Å². The smallest absolute Gasteiger partial charge is 0.168 e. The van der Waals surface area contributed by atoms with Gasteiger partial charge in [-0.15, -0.1) is 0 Å². The van der Waals surface area contributed by atoms with E-state index in [9.17, 15) is 0 Å². The zero-order valence-corrected chi connectivity index (χ0v) is 13.3. The second-order valence-corrected chi connectivity index (χ2v) is 7.20. The van der Waals surface area contributed by atoms with Crippen LogP contribution in [0, 0.1) is 5.92 Å². The molecule has 2 unspecified atom stereocenters. The molecule has 3 nitrogen and oxygen atoms in total. The van der Waals surface area contributed by atoms with Crippen LogP contribution in [0.3, 0.4) is 0 Å². The molecule has 2 saturated heterocycles. The lowest BCUT2D eigenvalue weighted by molar-refractivity contribution is -0.193. The number of ether oxygens (including phenoxy) is 2. The molecule has 3 aliphatic rings. The van der Waals surface area contributed by atoms with Gasteiger partial charge in [-0.25, -0.2) is 0 Å². The third kappa shape index (κ3) is 3.20. The van der Waals surface area contributed by atoms with E-state index in [2.05, 4.69) is 18.7 Å². The molecule has 3 fully saturated rings. The van der Waals surface area contributed by atoms with Crippen molar-refractivity contribution in [2.45, 2.75) is 83.1 Å². The van der Waals surface area contributed by atoms with Crippen LogP contribution < -0.4 is 0 Å². The summed E-state index contributed by atoms with van der Waals surface area (Å²) >= 11 is 0. The van der Waals surface area contributed by atoms with E-state index in [0.717, 1.165) is 38.0 Å². The molecular formula is C17H31NO2. The summed E-state index contributed by atoms with van der Waals surface area (Å²) in [4.78, 5) is 2.65. The maximum Gasteiger partial charge on any atom is 0.168 e. The topological polar surface area (TPSA) is 21.7 Å².